The van der Waals surface area contributed by atoms with Crippen LogP contribution in [0.1, 0.15) is 17.2 Å². The van der Waals surface area contributed by atoms with E-state index in [0.717, 1.165) is 12.1 Å². The third-order valence-corrected chi connectivity index (χ3v) is 4.13. The topological polar surface area (TPSA) is 131 Å². The Morgan fingerprint density at radius 1 is 0.897 bits per heavy atom. The summed E-state index contributed by atoms with van der Waals surface area (Å²) in [4.78, 5) is 20.7. The van der Waals surface area contributed by atoms with Crippen LogP contribution < -0.4 is 5.43 Å². The van der Waals surface area contributed by atoms with Crippen LogP contribution in [0.4, 0.5) is 17.1 Å². The van der Waals surface area contributed by atoms with Crippen LogP contribution in [-0.2, 0) is 0 Å². The van der Waals surface area contributed by atoms with Crippen LogP contribution in [-0.4, -0.2) is 20.7 Å². The lowest BCUT2D eigenvalue weighted by Crippen LogP contribution is -2.15. The highest BCUT2D eigenvalue weighted by atomic mass is 16.6. The van der Waals surface area contributed by atoms with Gasteiger partial charge >= 0.3 is 5.69 Å². The van der Waals surface area contributed by atoms with Crippen molar-refractivity contribution in [2.24, 2.45) is 5.10 Å². The van der Waals surface area contributed by atoms with E-state index in [1.165, 1.54) is 6.07 Å². The van der Waals surface area contributed by atoms with Gasteiger partial charge in [-0.2, -0.15) is 5.10 Å². The molecule has 3 aromatic rings. The first-order chi connectivity index (χ1) is 14.0. The number of nitro benzene ring substituents is 2. The molecular weight excluding hydrogens is 376 g/mol. The number of non-ortho nitro benzene ring substituents is 1. The van der Waals surface area contributed by atoms with E-state index in [2.05, 4.69) is 10.5 Å². The quantitative estimate of drug-likeness (QED) is 0.354. The maximum Gasteiger partial charge on any atom is 0.301 e. The van der Waals surface area contributed by atoms with Crippen molar-refractivity contribution in [3.63, 3.8) is 0 Å². The average Bonchev–Trinajstić information content (AvgIpc) is 2.75. The summed E-state index contributed by atoms with van der Waals surface area (Å²) < 4.78 is 0. The predicted molar refractivity (Wildman–Crippen MR) is 108 cm³/mol. The summed E-state index contributed by atoms with van der Waals surface area (Å²) in [5.41, 5.74) is 3.09. The highest BCUT2D eigenvalue weighted by Crippen LogP contribution is 2.29. The molecule has 146 valence electrons. The van der Waals surface area contributed by atoms with Gasteiger partial charge in [0.2, 0.25) is 0 Å². The number of anilines is 1. The summed E-state index contributed by atoms with van der Waals surface area (Å²) in [6.45, 7) is 0. The minimum atomic E-state index is -1.09. The zero-order valence-corrected chi connectivity index (χ0v) is 15.0. The molecule has 29 heavy (non-hydrogen) atoms. The minimum Gasteiger partial charge on any atom is -0.382 e. The lowest BCUT2D eigenvalue weighted by atomic mass is 9.99. The molecule has 0 aliphatic carbocycles. The molecule has 1 atom stereocenters. The van der Waals surface area contributed by atoms with Crippen molar-refractivity contribution >= 4 is 22.8 Å². The Kier molecular flexibility index (Phi) is 5.91. The van der Waals surface area contributed by atoms with Crippen LogP contribution in [0.15, 0.2) is 84.0 Å². The first kappa shape index (κ1) is 19.6. The highest BCUT2D eigenvalue weighted by molar-refractivity contribution is 6.04. The Labute approximate surface area is 165 Å². The van der Waals surface area contributed by atoms with Crippen molar-refractivity contribution in [3.8, 4) is 0 Å². The molecule has 0 unspecified atom stereocenters. The van der Waals surface area contributed by atoms with E-state index >= 15 is 0 Å². The Bertz CT molecular complexity index is 1050. The second-order valence-corrected chi connectivity index (χ2v) is 6.00. The minimum absolute atomic E-state index is 0.0331. The van der Waals surface area contributed by atoms with E-state index in [0.29, 0.717) is 11.1 Å². The van der Waals surface area contributed by atoms with Gasteiger partial charge < -0.3 is 5.11 Å². The summed E-state index contributed by atoms with van der Waals surface area (Å²) in [6.07, 6.45) is -1.09. The number of aliphatic hydroxyl groups excluding tert-OH is 1. The molecule has 9 heteroatoms. The Hall–Kier alpha value is -4.11. The second-order valence-electron chi connectivity index (χ2n) is 6.00. The monoisotopic (exact) mass is 392 g/mol. The van der Waals surface area contributed by atoms with E-state index in [9.17, 15) is 25.3 Å². The molecule has 0 radical (unpaired) electrons. The van der Waals surface area contributed by atoms with Gasteiger partial charge in [0.05, 0.1) is 15.9 Å². The number of aliphatic hydroxyl groups is 1. The van der Waals surface area contributed by atoms with Crippen LogP contribution in [0, 0.1) is 20.2 Å². The number of hydrogen-bond donors (Lipinski definition) is 2. The lowest BCUT2D eigenvalue weighted by Gasteiger charge is -2.15. The smallest absolute Gasteiger partial charge is 0.301 e. The number of nitrogens with zero attached hydrogens (tertiary/aromatic N) is 3. The SMILES string of the molecule is O=[N+]([O-])c1ccc(NN=C(c2ccccc2)[C@@H](O)c2ccccc2)c([N+](=O)[O-])c1. The number of nitrogens with one attached hydrogen (secondary N) is 1. The van der Waals surface area contributed by atoms with Crippen molar-refractivity contribution in [3.05, 3.63) is 110 Å². The summed E-state index contributed by atoms with van der Waals surface area (Å²) in [6, 6.07) is 20.9. The van der Waals surface area contributed by atoms with Gasteiger partial charge in [0.1, 0.15) is 17.5 Å². The largest absolute Gasteiger partial charge is 0.382 e. The zero-order chi connectivity index (χ0) is 20.8. The fourth-order valence-electron chi connectivity index (χ4n) is 2.69. The molecule has 0 fully saturated rings. The number of hydrazone groups is 1. The third-order valence-electron chi connectivity index (χ3n) is 4.13. The van der Waals surface area contributed by atoms with Crippen molar-refractivity contribution in [2.75, 3.05) is 5.43 Å². The summed E-state index contributed by atoms with van der Waals surface area (Å²) >= 11 is 0. The molecule has 0 spiro atoms. The number of hydrogen-bond acceptors (Lipinski definition) is 7. The highest BCUT2D eigenvalue weighted by Gasteiger charge is 2.21. The van der Waals surface area contributed by atoms with Gasteiger partial charge in [-0.05, 0) is 11.6 Å². The van der Waals surface area contributed by atoms with Gasteiger partial charge in [0.25, 0.3) is 5.69 Å². The van der Waals surface area contributed by atoms with Crippen LogP contribution in [0.25, 0.3) is 0 Å². The molecule has 9 nitrogen and oxygen atoms in total. The maximum absolute atomic E-state index is 11.3. The van der Waals surface area contributed by atoms with Gasteiger partial charge in [-0.1, -0.05) is 60.7 Å². The molecule has 0 saturated carbocycles. The van der Waals surface area contributed by atoms with Crippen molar-refractivity contribution in [1.82, 2.24) is 0 Å². The lowest BCUT2D eigenvalue weighted by molar-refractivity contribution is -0.393. The zero-order valence-electron chi connectivity index (χ0n) is 15.0. The molecule has 0 bridgehead atoms. The summed E-state index contributed by atoms with van der Waals surface area (Å²) in [5.74, 6) is 0. The molecule has 0 saturated heterocycles. The molecule has 3 aromatic carbocycles. The number of nitro groups is 2. The Balaban J connectivity index is 2.01. The Morgan fingerprint density at radius 3 is 2.10 bits per heavy atom. The van der Waals surface area contributed by atoms with Gasteiger partial charge in [-0.25, -0.2) is 0 Å². The van der Waals surface area contributed by atoms with Crippen molar-refractivity contribution < 1.29 is 15.0 Å². The standard InChI is InChI=1S/C20H16N4O5/c25-20(15-9-5-2-6-10-15)19(14-7-3-1-4-8-14)22-21-17-12-11-16(23(26)27)13-18(17)24(28)29/h1-13,20-21,25H/t20-/m0/s1. The fraction of sp³-hybridized carbons (Fsp3) is 0.0500. The van der Waals surface area contributed by atoms with E-state index in [1.54, 1.807) is 48.5 Å². The van der Waals surface area contributed by atoms with Gasteiger partial charge in [-0.15, -0.1) is 0 Å². The van der Waals surface area contributed by atoms with Gasteiger partial charge in [0.15, 0.2) is 0 Å². The molecule has 3 rings (SSSR count). The van der Waals surface area contributed by atoms with Crippen LogP contribution in [0.5, 0.6) is 0 Å². The van der Waals surface area contributed by atoms with Gasteiger partial charge in [-0.3, -0.25) is 25.7 Å². The molecule has 0 aliphatic heterocycles. The predicted octanol–water partition coefficient (Wildman–Crippen LogP) is 4.05. The summed E-state index contributed by atoms with van der Waals surface area (Å²) in [7, 11) is 0. The third kappa shape index (κ3) is 4.60. The number of benzene rings is 3. The number of rotatable bonds is 7. The molecule has 0 heterocycles. The van der Waals surface area contributed by atoms with E-state index in [4.69, 9.17) is 0 Å². The van der Waals surface area contributed by atoms with Gasteiger partial charge in [0, 0.05) is 11.6 Å². The Morgan fingerprint density at radius 2 is 1.52 bits per heavy atom. The van der Waals surface area contributed by atoms with E-state index in [1.807, 2.05) is 12.1 Å². The normalized spacial score (nSPS) is 12.2. The van der Waals surface area contributed by atoms with Crippen LogP contribution in [0.3, 0.4) is 0 Å². The average molecular weight is 392 g/mol. The maximum atomic E-state index is 11.3. The first-order valence-corrected chi connectivity index (χ1v) is 8.52. The summed E-state index contributed by atoms with van der Waals surface area (Å²) in [5, 5.41) is 37.2. The first-order valence-electron chi connectivity index (χ1n) is 8.52. The van der Waals surface area contributed by atoms with E-state index < -0.39 is 27.3 Å². The van der Waals surface area contributed by atoms with Crippen molar-refractivity contribution in [1.29, 1.82) is 0 Å². The molecular formula is C20H16N4O5. The molecule has 0 amide bonds. The van der Waals surface area contributed by atoms with Crippen molar-refractivity contribution in [2.45, 2.75) is 6.10 Å². The second kappa shape index (κ2) is 8.72. The fourth-order valence-corrected chi connectivity index (χ4v) is 2.69. The van der Waals surface area contributed by atoms with E-state index in [-0.39, 0.29) is 11.4 Å². The molecule has 0 aliphatic rings. The molecule has 2 N–H and O–H groups in total. The molecule has 0 aromatic heterocycles. The van der Waals surface area contributed by atoms with Crippen LogP contribution >= 0.6 is 0 Å². The van der Waals surface area contributed by atoms with Crippen LogP contribution in [0.2, 0.25) is 0 Å².